The van der Waals surface area contributed by atoms with Gasteiger partial charge in [0.1, 0.15) is 11.5 Å². The van der Waals surface area contributed by atoms with E-state index in [9.17, 15) is 9.59 Å². The van der Waals surface area contributed by atoms with Crippen molar-refractivity contribution in [3.05, 3.63) is 53.1 Å². The summed E-state index contributed by atoms with van der Waals surface area (Å²) in [7, 11) is 1.57. The van der Waals surface area contributed by atoms with E-state index in [1.54, 1.807) is 18.1 Å². The van der Waals surface area contributed by atoms with E-state index in [1.807, 2.05) is 51.1 Å². The molecule has 1 aliphatic rings. The standard InChI is InChI=1S/C21H23NO4/c1-13-5-7-18(15(3)9-13)26-21(24)16-11-20(23)22(12-16)17-10-14(2)6-8-19(17)25-4/h5-10,16H,11-12H2,1-4H3. The van der Waals surface area contributed by atoms with E-state index in [-0.39, 0.29) is 18.3 Å². The second-order valence-electron chi connectivity index (χ2n) is 6.77. The van der Waals surface area contributed by atoms with Crippen molar-refractivity contribution in [2.75, 3.05) is 18.6 Å². The Morgan fingerprint density at radius 1 is 1.04 bits per heavy atom. The van der Waals surface area contributed by atoms with Crippen LogP contribution in [-0.4, -0.2) is 25.5 Å². The molecule has 136 valence electrons. The molecule has 1 amide bonds. The van der Waals surface area contributed by atoms with Gasteiger partial charge in [-0.25, -0.2) is 0 Å². The topological polar surface area (TPSA) is 55.8 Å². The van der Waals surface area contributed by atoms with Gasteiger partial charge < -0.3 is 14.4 Å². The van der Waals surface area contributed by atoms with Crippen LogP contribution in [0.25, 0.3) is 0 Å². The molecule has 1 heterocycles. The van der Waals surface area contributed by atoms with E-state index in [0.717, 1.165) is 16.7 Å². The maximum atomic E-state index is 12.6. The number of aryl methyl sites for hydroxylation is 3. The second-order valence-corrected chi connectivity index (χ2v) is 6.77. The number of amides is 1. The number of esters is 1. The van der Waals surface area contributed by atoms with E-state index in [4.69, 9.17) is 9.47 Å². The first-order valence-electron chi connectivity index (χ1n) is 8.63. The van der Waals surface area contributed by atoms with E-state index in [1.165, 1.54) is 0 Å². The highest BCUT2D eigenvalue weighted by atomic mass is 16.5. The Morgan fingerprint density at radius 2 is 1.69 bits per heavy atom. The quantitative estimate of drug-likeness (QED) is 0.623. The molecule has 1 atom stereocenters. The molecule has 26 heavy (non-hydrogen) atoms. The number of ether oxygens (including phenoxy) is 2. The Balaban J connectivity index is 1.77. The predicted molar refractivity (Wildman–Crippen MR) is 99.7 cm³/mol. The van der Waals surface area contributed by atoms with Crippen LogP contribution in [-0.2, 0) is 9.59 Å². The van der Waals surface area contributed by atoms with Crippen LogP contribution >= 0.6 is 0 Å². The van der Waals surface area contributed by atoms with Gasteiger partial charge in [-0.1, -0.05) is 23.8 Å². The number of anilines is 1. The minimum absolute atomic E-state index is 0.100. The van der Waals surface area contributed by atoms with Gasteiger partial charge in [-0.3, -0.25) is 9.59 Å². The predicted octanol–water partition coefficient (Wildman–Crippen LogP) is 3.58. The van der Waals surface area contributed by atoms with Crippen LogP contribution in [0.15, 0.2) is 36.4 Å². The Morgan fingerprint density at radius 3 is 2.35 bits per heavy atom. The van der Waals surface area contributed by atoms with Crippen LogP contribution in [0, 0.1) is 26.7 Å². The number of methoxy groups -OCH3 is 1. The highest BCUT2D eigenvalue weighted by Gasteiger charge is 2.37. The van der Waals surface area contributed by atoms with Crippen LogP contribution in [0.1, 0.15) is 23.1 Å². The van der Waals surface area contributed by atoms with Crippen molar-refractivity contribution in [1.29, 1.82) is 0 Å². The largest absolute Gasteiger partial charge is 0.495 e. The number of nitrogens with zero attached hydrogens (tertiary/aromatic N) is 1. The molecule has 0 bridgehead atoms. The summed E-state index contributed by atoms with van der Waals surface area (Å²) in [5, 5.41) is 0. The molecule has 0 spiro atoms. The summed E-state index contributed by atoms with van der Waals surface area (Å²) in [6.45, 7) is 6.14. The van der Waals surface area contributed by atoms with Crippen molar-refractivity contribution in [1.82, 2.24) is 0 Å². The van der Waals surface area contributed by atoms with Gasteiger partial charge in [-0.05, 0) is 50.1 Å². The lowest BCUT2D eigenvalue weighted by Gasteiger charge is -2.20. The van der Waals surface area contributed by atoms with Crippen LogP contribution in [0.4, 0.5) is 5.69 Å². The Hall–Kier alpha value is -2.82. The van der Waals surface area contributed by atoms with Crippen molar-refractivity contribution in [3.63, 3.8) is 0 Å². The molecule has 1 fully saturated rings. The number of hydrogen-bond donors (Lipinski definition) is 0. The van der Waals surface area contributed by atoms with Gasteiger partial charge in [0.05, 0.1) is 18.7 Å². The van der Waals surface area contributed by atoms with Crippen LogP contribution in [0.2, 0.25) is 0 Å². The highest BCUT2D eigenvalue weighted by Crippen LogP contribution is 2.34. The smallest absolute Gasteiger partial charge is 0.316 e. The normalized spacial score (nSPS) is 16.7. The third-order valence-corrected chi connectivity index (χ3v) is 4.62. The molecule has 0 N–H and O–H groups in total. The molecule has 3 rings (SSSR count). The molecular formula is C21H23NO4. The number of rotatable bonds is 4. The molecule has 5 nitrogen and oxygen atoms in total. The Labute approximate surface area is 153 Å². The molecule has 0 aliphatic carbocycles. The van der Waals surface area contributed by atoms with Crippen LogP contribution < -0.4 is 14.4 Å². The summed E-state index contributed by atoms with van der Waals surface area (Å²) >= 11 is 0. The lowest BCUT2D eigenvalue weighted by atomic mass is 10.1. The minimum atomic E-state index is -0.492. The molecular weight excluding hydrogens is 330 g/mol. The fourth-order valence-corrected chi connectivity index (χ4v) is 3.21. The SMILES string of the molecule is COc1ccc(C)cc1N1CC(C(=O)Oc2ccc(C)cc2C)CC1=O. The number of benzene rings is 2. The van der Waals surface area contributed by atoms with Crippen LogP contribution in [0.5, 0.6) is 11.5 Å². The summed E-state index contributed by atoms with van der Waals surface area (Å²) in [5.41, 5.74) is 3.73. The third-order valence-electron chi connectivity index (χ3n) is 4.62. The molecule has 2 aromatic rings. The van der Waals surface area contributed by atoms with Gasteiger partial charge in [-0.2, -0.15) is 0 Å². The van der Waals surface area contributed by atoms with Gasteiger partial charge in [-0.15, -0.1) is 0 Å². The third kappa shape index (κ3) is 3.57. The zero-order valence-electron chi connectivity index (χ0n) is 15.5. The average molecular weight is 353 g/mol. The molecule has 0 radical (unpaired) electrons. The van der Waals surface area contributed by atoms with Crippen molar-refractivity contribution < 1.29 is 19.1 Å². The Bertz CT molecular complexity index is 859. The maximum Gasteiger partial charge on any atom is 0.316 e. The summed E-state index contributed by atoms with van der Waals surface area (Å²) < 4.78 is 10.9. The first-order valence-corrected chi connectivity index (χ1v) is 8.63. The molecule has 0 aromatic heterocycles. The number of carbonyl (C=O) groups excluding carboxylic acids is 2. The minimum Gasteiger partial charge on any atom is -0.495 e. The zero-order valence-corrected chi connectivity index (χ0v) is 15.5. The van der Waals surface area contributed by atoms with Gasteiger partial charge >= 0.3 is 5.97 Å². The maximum absolute atomic E-state index is 12.6. The van der Waals surface area contributed by atoms with Gasteiger partial charge in [0.15, 0.2) is 0 Å². The molecule has 5 heteroatoms. The first kappa shape index (κ1) is 18.0. The molecule has 2 aromatic carbocycles. The lowest BCUT2D eigenvalue weighted by molar-refractivity contribution is -0.139. The fourth-order valence-electron chi connectivity index (χ4n) is 3.21. The number of hydrogen-bond acceptors (Lipinski definition) is 4. The van der Waals surface area contributed by atoms with Gasteiger partial charge in [0.2, 0.25) is 5.91 Å². The fraction of sp³-hybridized carbons (Fsp3) is 0.333. The van der Waals surface area contributed by atoms with Crippen molar-refractivity contribution in [2.45, 2.75) is 27.2 Å². The van der Waals surface area contributed by atoms with Crippen molar-refractivity contribution in [3.8, 4) is 11.5 Å². The van der Waals surface area contributed by atoms with Gasteiger partial charge in [0.25, 0.3) is 0 Å². The second kappa shape index (κ2) is 7.20. The van der Waals surface area contributed by atoms with E-state index in [0.29, 0.717) is 23.7 Å². The lowest BCUT2D eigenvalue weighted by Crippen LogP contribution is -2.27. The van der Waals surface area contributed by atoms with E-state index >= 15 is 0 Å². The molecule has 1 aliphatic heterocycles. The molecule has 1 unspecified atom stereocenters. The highest BCUT2D eigenvalue weighted by molar-refractivity contribution is 6.00. The average Bonchev–Trinajstić information content (AvgIpc) is 2.99. The number of carbonyl (C=O) groups is 2. The summed E-state index contributed by atoms with van der Waals surface area (Å²) in [6.07, 6.45) is 0.140. The van der Waals surface area contributed by atoms with Crippen LogP contribution in [0.3, 0.4) is 0 Å². The van der Waals surface area contributed by atoms with E-state index < -0.39 is 5.92 Å². The Kier molecular flexibility index (Phi) is 4.98. The monoisotopic (exact) mass is 353 g/mol. The van der Waals surface area contributed by atoms with Gasteiger partial charge in [0, 0.05) is 13.0 Å². The van der Waals surface area contributed by atoms with Crippen molar-refractivity contribution >= 4 is 17.6 Å². The summed E-state index contributed by atoms with van der Waals surface area (Å²) in [5.74, 6) is 0.191. The summed E-state index contributed by atoms with van der Waals surface area (Å²) in [4.78, 5) is 26.7. The molecule has 0 saturated carbocycles. The summed E-state index contributed by atoms with van der Waals surface area (Å²) in [6, 6.07) is 11.3. The van der Waals surface area contributed by atoms with E-state index in [2.05, 4.69) is 0 Å². The first-order chi connectivity index (χ1) is 12.4. The zero-order chi connectivity index (χ0) is 18.8. The molecule has 1 saturated heterocycles. The van der Waals surface area contributed by atoms with Crippen molar-refractivity contribution in [2.24, 2.45) is 5.92 Å².